The van der Waals surface area contributed by atoms with Crippen LogP contribution in [-0.2, 0) is 4.79 Å². The topological polar surface area (TPSA) is 75.7 Å². The molecule has 0 aliphatic carbocycles. The Labute approximate surface area is 137 Å². The summed E-state index contributed by atoms with van der Waals surface area (Å²) in [7, 11) is 1.37. The van der Waals surface area contributed by atoms with Crippen molar-refractivity contribution in [2.75, 3.05) is 13.7 Å². The molecule has 0 atom stereocenters. The molecular formula is C18H14FO5-. The normalized spacial score (nSPS) is 10.6. The first-order chi connectivity index (χ1) is 11.5. The molecule has 0 unspecified atom stereocenters. The van der Waals surface area contributed by atoms with E-state index >= 15 is 0 Å². The summed E-state index contributed by atoms with van der Waals surface area (Å²) < 4.78 is 23.6. The number of aliphatic carboxylic acids is 1. The molecule has 0 fully saturated rings. The number of carboxylic acid groups (broad SMARTS) is 1. The minimum atomic E-state index is -1.37. The molecular weight excluding hydrogens is 315 g/mol. The van der Waals surface area contributed by atoms with Crippen molar-refractivity contribution < 1.29 is 28.6 Å². The largest absolute Gasteiger partial charge is 0.546 e. The molecule has 0 aliphatic rings. The fourth-order valence-corrected chi connectivity index (χ4v) is 1.95. The highest BCUT2D eigenvalue weighted by Gasteiger charge is 2.10. The number of ether oxygens (including phenoxy) is 2. The minimum Gasteiger partial charge on any atom is -0.546 e. The Bertz CT molecular complexity index is 783. The first-order valence-corrected chi connectivity index (χ1v) is 6.99. The first kappa shape index (κ1) is 17.2. The predicted octanol–water partition coefficient (Wildman–Crippen LogP) is 1.86. The molecule has 5 nitrogen and oxygen atoms in total. The van der Waals surface area contributed by atoms with Crippen molar-refractivity contribution in [3.05, 3.63) is 65.5 Å². The van der Waals surface area contributed by atoms with E-state index in [0.717, 1.165) is 0 Å². The van der Waals surface area contributed by atoms with Crippen LogP contribution in [0.2, 0.25) is 0 Å². The Hall–Kier alpha value is -3.15. The number of benzene rings is 2. The van der Waals surface area contributed by atoms with Crippen molar-refractivity contribution >= 4 is 17.8 Å². The van der Waals surface area contributed by atoms with Crippen LogP contribution in [0.25, 0.3) is 6.08 Å². The van der Waals surface area contributed by atoms with Gasteiger partial charge in [-0.1, -0.05) is 18.2 Å². The van der Waals surface area contributed by atoms with E-state index < -0.39 is 18.4 Å². The van der Waals surface area contributed by atoms with E-state index in [1.165, 1.54) is 43.5 Å². The summed E-state index contributed by atoms with van der Waals surface area (Å²) in [6.07, 6.45) is 2.62. The minimum absolute atomic E-state index is 0.177. The quantitative estimate of drug-likeness (QED) is 0.572. The monoisotopic (exact) mass is 329 g/mol. The maximum atomic E-state index is 13.5. The fourth-order valence-electron chi connectivity index (χ4n) is 1.95. The molecule has 2 aromatic carbocycles. The van der Waals surface area contributed by atoms with E-state index in [2.05, 4.69) is 0 Å². The van der Waals surface area contributed by atoms with Gasteiger partial charge in [0.15, 0.2) is 17.3 Å². The molecule has 124 valence electrons. The van der Waals surface area contributed by atoms with Crippen LogP contribution in [0.15, 0.2) is 48.5 Å². The maximum Gasteiger partial charge on any atom is 0.185 e. The zero-order chi connectivity index (χ0) is 17.5. The number of carbonyl (C=O) groups excluding carboxylic acids is 2. The summed E-state index contributed by atoms with van der Waals surface area (Å²) in [5.41, 5.74) is 0.590. The SMILES string of the molecule is COc1cc(C(=O)/C=C/c2ccccc2F)ccc1OCC(=O)[O-]. The van der Waals surface area contributed by atoms with Crippen LogP contribution < -0.4 is 14.6 Å². The van der Waals surface area contributed by atoms with E-state index in [-0.39, 0.29) is 17.3 Å². The van der Waals surface area contributed by atoms with Crippen molar-refractivity contribution in [1.29, 1.82) is 0 Å². The van der Waals surface area contributed by atoms with Crippen LogP contribution in [0.1, 0.15) is 15.9 Å². The second-order valence-electron chi connectivity index (χ2n) is 4.75. The van der Waals surface area contributed by atoms with Gasteiger partial charge in [-0.2, -0.15) is 0 Å². The van der Waals surface area contributed by atoms with Gasteiger partial charge in [-0.25, -0.2) is 4.39 Å². The van der Waals surface area contributed by atoms with Crippen molar-refractivity contribution in [1.82, 2.24) is 0 Å². The van der Waals surface area contributed by atoms with Gasteiger partial charge >= 0.3 is 0 Å². The molecule has 0 amide bonds. The van der Waals surface area contributed by atoms with E-state index in [1.54, 1.807) is 18.2 Å². The molecule has 0 bridgehead atoms. The number of allylic oxidation sites excluding steroid dienone is 1. The third kappa shape index (κ3) is 4.42. The molecule has 0 N–H and O–H groups in total. The molecule has 0 saturated carbocycles. The number of methoxy groups -OCH3 is 1. The van der Waals surface area contributed by atoms with Crippen molar-refractivity contribution in [3.8, 4) is 11.5 Å². The van der Waals surface area contributed by atoms with E-state index in [0.29, 0.717) is 11.1 Å². The van der Waals surface area contributed by atoms with Gasteiger partial charge in [-0.15, -0.1) is 0 Å². The Morgan fingerprint density at radius 2 is 1.92 bits per heavy atom. The number of carbonyl (C=O) groups is 2. The average molecular weight is 329 g/mol. The average Bonchev–Trinajstić information content (AvgIpc) is 2.58. The highest BCUT2D eigenvalue weighted by molar-refractivity contribution is 6.07. The maximum absolute atomic E-state index is 13.5. The molecule has 0 radical (unpaired) electrons. The van der Waals surface area contributed by atoms with Gasteiger partial charge in [0.1, 0.15) is 12.4 Å². The third-order valence-corrected chi connectivity index (χ3v) is 3.11. The van der Waals surface area contributed by atoms with Crippen LogP contribution in [-0.4, -0.2) is 25.5 Å². The van der Waals surface area contributed by atoms with Crippen LogP contribution >= 0.6 is 0 Å². The van der Waals surface area contributed by atoms with Crippen molar-refractivity contribution in [2.45, 2.75) is 0 Å². The van der Waals surface area contributed by atoms with Gasteiger partial charge < -0.3 is 19.4 Å². The number of ketones is 1. The molecule has 6 heteroatoms. The zero-order valence-electron chi connectivity index (χ0n) is 12.8. The van der Waals surface area contributed by atoms with Gasteiger partial charge in [0, 0.05) is 11.1 Å². The first-order valence-electron chi connectivity index (χ1n) is 6.99. The van der Waals surface area contributed by atoms with Crippen LogP contribution in [0.4, 0.5) is 4.39 Å². The molecule has 0 saturated heterocycles. The van der Waals surface area contributed by atoms with Crippen LogP contribution in [0.3, 0.4) is 0 Å². The second-order valence-corrected chi connectivity index (χ2v) is 4.75. The van der Waals surface area contributed by atoms with E-state index in [1.807, 2.05) is 0 Å². The molecule has 2 aromatic rings. The lowest BCUT2D eigenvalue weighted by Crippen LogP contribution is -2.29. The summed E-state index contributed by atoms with van der Waals surface area (Å²) in [5.74, 6) is -1.77. The number of hydrogen-bond donors (Lipinski definition) is 0. The Morgan fingerprint density at radius 1 is 1.17 bits per heavy atom. The summed E-state index contributed by atoms with van der Waals surface area (Å²) >= 11 is 0. The highest BCUT2D eigenvalue weighted by atomic mass is 19.1. The summed E-state index contributed by atoms with van der Waals surface area (Å²) in [6, 6.07) is 10.4. The lowest BCUT2D eigenvalue weighted by molar-refractivity contribution is -0.307. The lowest BCUT2D eigenvalue weighted by atomic mass is 10.1. The molecule has 0 spiro atoms. The smallest absolute Gasteiger partial charge is 0.185 e. The van der Waals surface area contributed by atoms with Crippen LogP contribution in [0, 0.1) is 5.82 Å². The van der Waals surface area contributed by atoms with Gasteiger partial charge in [0.05, 0.1) is 13.1 Å². The summed E-state index contributed by atoms with van der Waals surface area (Å²) in [5, 5.41) is 10.4. The Kier molecular flexibility index (Phi) is 5.68. The van der Waals surface area contributed by atoms with Gasteiger partial charge in [-0.3, -0.25) is 4.79 Å². The molecule has 0 heterocycles. The van der Waals surface area contributed by atoms with E-state index in [9.17, 15) is 19.1 Å². The second kappa shape index (κ2) is 7.92. The zero-order valence-corrected chi connectivity index (χ0v) is 12.8. The number of halogens is 1. The van der Waals surface area contributed by atoms with Gasteiger partial charge in [0.2, 0.25) is 0 Å². The van der Waals surface area contributed by atoms with Crippen LogP contribution in [0.5, 0.6) is 11.5 Å². The predicted molar refractivity (Wildman–Crippen MR) is 83.3 cm³/mol. The lowest BCUT2D eigenvalue weighted by Gasteiger charge is -2.11. The van der Waals surface area contributed by atoms with Crippen molar-refractivity contribution in [3.63, 3.8) is 0 Å². The summed E-state index contributed by atoms with van der Waals surface area (Å²) in [6.45, 7) is -0.628. The molecule has 24 heavy (non-hydrogen) atoms. The standard InChI is InChI=1S/C18H15FO5/c1-23-17-10-13(7-9-16(17)24-11-18(21)22)15(20)8-6-12-4-2-3-5-14(12)19/h2-10H,11H2,1H3,(H,21,22)/p-1/b8-6+. The summed E-state index contributed by atoms with van der Waals surface area (Å²) in [4.78, 5) is 22.6. The van der Waals surface area contributed by atoms with Crippen molar-refractivity contribution in [2.24, 2.45) is 0 Å². The van der Waals surface area contributed by atoms with Gasteiger partial charge in [-0.05, 0) is 36.4 Å². The van der Waals surface area contributed by atoms with Gasteiger partial charge in [0.25, 0.3) is 0 Å². The molecule has 0 aliphatic heterocycles. The molecule has 0 aromatic heterocycles. The van der Waals surface area contributed by atoms with E-state index in [4.69, 9.17) is 9.47 Å². The number of rotatable bonds is 7. The number of hydrogen-bond acceptors (Lipinski definition) is 5. The third-order valence-electron chi connectivity index (χ3n) is 3.11. The Morgan fingerprint density at radius 3 is 2.58 bits per heavy atom. The molecule has 2 rings (SSSR count). The highest BCUT2D eigenvalue weighted by Crippen LogP contribution is 2.28. The fraction of sp³-hybridized carbons (Fsp3) is 0.111. The Balaban J connectivity index is 2.17. The number of carboxylic acids is 1.